The smallest absolute Gasteiger partial charge is 0.259 e. The van der Waals surface area contributed by atoms with Crippen molar-refractivity contribution in [2.75, 3.05) is 54.5 Å². The molecule has 0 unspecified atom stereocenters. The van der Waals surface area contributed by atoms with Crippen LogP contribution in [-0.4, -0.2) is 103 Å². The number of nitrogens with zero attached hydrogens (tertiary/aromatic N) is 4. The molecule has 0 aliphatic carbocycles. The van der Waals surface area contributed by atoms with Gasteiger partial charge in [-0.25, -0.2) is 4.98 Å². The molecule has 2 heterocycles. The molecule has 1 N–H and O–H groups in total. The first-order chi connectivity index (χ1) is 17.6. The van der Waals surface area contributed by atoms with Crippen LogP contribution < -0.4 is 9.47 Å². The SMILES string of the molecule is COc1ccccc1C#Cc1cnc2c(c1)C(=O)N([C@H](C)CO)C[C@H](C)[C@H](CN(C)C(=O)CN(C)C)O2. The number of likely N-dealkylation sites (N-methyl/N-ethyl adjacent to an activating group) is 2. The van der Waals surface area contributed by atoms with Crippen molar-refractivity contribution in [3.8, 4) is 23.5 Å². The average Bonchev–Trinajstić information content (AvgIpc) is 2.88. The number of hydrogen-bond acceptors (Lipinski definition) is 7. The summed E-state index contributed by atoms with van der Waals surface area (Å²) in [5, 5.41) is 9.85. The van der Waals surface area contributed by atoms with Crippen LogP contribution in [0, 0.1) is 17.8 Å². The molecule has 9 nitrogen and oxygen atoms in total. The lowest BCUT2D eigenvalue weighted by Gasteiger charge is -2.37. The van der Waals surface area contributed by atoms with E-state index in [1.54, 1.807) is 43.1 Å². The third-order valence-corrected chi connectivity index (χ3v) is 6.30. The molecule has 0 fully saturated rings. The molecule has 2 amide bonds. The molecule has 1 aromatic carbocycles. The van der Waals surface area contributed by atoms with Crippen molar-refractivity contribution < 1.29 is 24.2 Å². The van der Waals surface area contributed by atoms with Gasteiger partial charge in [-0.2, -0.15) is 0 Å². The fourth-order valence-corrected chi connectivity index (χ4v) is 4.04. The number of aliphatic hydroxyl groups excluding tert-OH is 1. The molecule has 3 atom stereocenters. The van der Waals surface area contributed by atoms with Gasteiger partial charge in [0.2, 0.25) is 11.8 Å². The number of hydrogen-bond donors (Lipinski definition) is 1. The van der Waals surface area contributed by atoms with Crippen LogP contribution in [0.2, 0.25) is 0 Å². The van der Waals surface area contributed by atoms with Gasteiger partial charge in [0.1, 0.15) is 17.4 Å². The van der Waals surface area contributed by atoms with Gasteiger partial charge in [-0.3, -0.25) is 9.59 Å². The second-order valence-electron chi connectivity index (χ2n) is 9.66. The predicted molar refractivity (Wildman–Crippen MR) is 141 cm³/mol. The van der Waals surface area contributed by atoms with Crippen molar-refractivity contribution >= 4 is 11.8 Å². The highest BCUT2D eigenvalue weighted by atomic mass is 16.5. The second kappa shape index (κ2) is 12.6. The molecule has 2 aromatic rings. The highest BCUT2D eigenvalue weighted by Crippen LogP contribution is 2.27. The van der Waals surface area contributed by atoms with Gasteiger partial charge in [0.15, 0.2) is 0 Å². The lowest BCUT2D eigenvalue weighted by molar-refractivity contribution is -0.132. The number of methoxy groups -OCH3 is 1. The largest absolute Gasteiger partial charge is 0.495 e. The van der Waals surface area contributed by atoms with E-state index in [9.17, 15) is 14.7 Å². The summed E-state index contributed by atoms with van der Waals surface area (Å²) < 4.78 is 11.6. The highest BCUT2D eigenvalue weighted by molar-refractivity contribution is 5.97. The zero-order valence-electron chi connectivity index (χ0n) is 22.4. The van der Waals surface area contributed by atoms with E-state index in [2.05, 4.69) is 16.8 Å². The number of rotatable bonds is 7. The topological polar surface area (TPSA) is 95.4 Å². The molecule has 1 aliphatic rings. The van der Waals surface area contributed by atoms with Crippen molar-refractivity contribution in [2.45, 2.75) is 26.0 Å². The number of benzene rings is 1. The van der Waals surface area contributed by atoms with Crippen LogP contribution in [0.5, 0.6) is 11.6 Å². The zero-order chi connectivity index (χ0) is 27.1. The molecule has 37 heavy (non-hydrogen) atoms. The minimum absolute atomic E-state index is 0.0327. The van der Waals surface area contributed by atoms with Gasteiger partial charge in [0, 0.05) is 31.3 Å². The maximum Gasteiger partial charge on any atom is 0.259 e. The summed E-state index contributed by atoms with van der Waals surface area (Å²) in [5.41, 5.74) is 1.53. The van der Waals surface area contributed by atoms with E-state index in [1.807, 2.05) is 50.2 Å². The van der Waals surface area contributed by atoms with Crippen LogP contribution in [-0.2, 0) is 4.79 Å². The Morgan fingerprint density at radius 3 is 2.70 bits per heavy atom. The van der Waals surface area contributed by atoms with Gasteiger partial charge in [0.05, 0.1) is 38.4 Å². The second-order valence-corrected chi connectivity index (χ2v) is 9.66. The van der Waals surface area contributed by atoms with E-state index in [0.29, 0.717) is 30.0 Å². The van der Waals surface area contributed by atoms with Crippen molar-refractivity contribution in [3.05, 3.63) is 53.2 Å². The average molecular weight is 509 g/mol. The Balaban J connectivity index is 1.97. The van der Waals surface area contributed by atoms with Gasteiger partial charge >= 0.3 is 0 Å². The fraction of sp³-hybridized carbons (Fsp3) is 0.464. The molecule has 3 rings (SSSR count). The molecule has 0 bridgehead atoms. The van der Waals surface area contributed by atoms with E-state index in [-0.39, 0.29) is 42.3 Å². The standard InChI is InChI=1S/C28H36N4O5/c1-19-15-32(20(2)18-33)28(35)23-13-21(11-12-22-9-7-8-10-24(22)36-6)14-29-27(23)37-25(19)16-31(5)26(34)17-30(3)4/h7-10,13-14,19-20,25,33H,15-18H2,1-6H3/t19-,20+,25-/m0/s1. The number of pyridine rings is 1. The monoisotopic (exact) mass is 508 g/mol. The minimum atomic E-state index is -0.408. The Kier molecular flexibility index (Phi) is 9.50. The van der Waals surface area contributed by atoms with Crippen molar-refractivity contribution in [3.63, 3.8) is 0 Å². The van der Waals surface area contributed by atoms with Crippen LogP contribution in [0.1, 0.15) is 35.3 Å². The molecule has 0 saturated carbocycles. The Morgan fingerprint density at radius 2 is 2.03 bits per heavy atom. The number of fused-ring (bicyclic) bond motifs is 1. The predicted octanol–water partition coefficient (Wildman–Crippen LogP) is 1.73. The van der Waals surface area contributed by atoms with Crippen LogP contribution in [0.4, 0.5) is 0 Å². The third-order valence-electron chi connectivity index (χ3n) is 6.30. The molecule has 0 spiro atoms. The minimum Gasteiger partial charge on any atom is -0.495 e. The maximum absolute atomic E-state index is 13.6. The number of amides is 2. The number of carbonyl (C=O) groups is 2. The molecule has 0 radical (unpaired) electrons. The third kappa shape index (κ3) is 7.00. The van der Waals surface area contributed by atoms with E-state index in [4.69, 9.17) is 9.47 Å². The van der Waals surface area contributed by atoms with Gasteiger partial charge < -0.3 is 29.3 Å². The molecule has 198 valence electrons. The lowest BCUT2D eigenvalue weighted by Crippen LogP contribution is -2.51. The summed E-state index contributed by atoms with van der Waals surface area (Å²) in [4.78, 5) is 35.7. The summed E-state index contributed by atoms with van der Waals surface area (Å²) in [6, 6.07) is 8.68. The zero-order valence-corrected chi connectivity index (χ0v) is 22.4. The van der Waals surface area contributed by atoms with Crippen molar-refractivity contribution in [1.29, 1.82) is 0 Å². The van der Waals surface area contributed by atoms with E-state index >= 15 is 0 Å². The number of para-hydroxylation sites is 1. The van der Waals surface area contributed by atoms with Gasteiger partial charge in [-0.05, 0) is 39.2 Å². The quantitative estimate of drug-likeness (QED) is 0.569. The lowest BCUT2D eigenvalue weighted by atomic mass is 10.00. The van der Waals surface area contributed by atoms with E-state index in [0.717, 1.165) is 0 Å². The molecule has 9 heteroatoms. The molecule has 1 aromatic heterocycles. The molecular formula is C28H36N4O5. The Bertz CT molecular complexity index is 1170. The van der Waals surface area contributed by atoms with Gasteiger partial charge in [0.25, 0.3) is 5.91 Å². The fourth-order valence-electron chi connectivity index (χ4n) is 4.04. The summed E-state index contributed by atoms with van der Waals surface area (Å²) in [6.45, 7) is 4.57. The highest BCUT2D eigenvalue weighted by Gasteiger charge is 2.34. The van der Waals surface area contributed by atoms with Gasteiger partial charge in [-0.1, -0.05) is 30.9 Å². The number of aliphatic hydroxyl groups is 1. The number of carbonyl (C=O) groups excluding carboxylic acids is 2. The number of aromatic nitrogens is 1. The van der Waals surface area contributed by atoms with Crippen LogP contribution >= 0.6 is 0 Å². The molecule has 0 saturated heterocycles. The summed E-state index contributed by atoms with van der Waals surface area (Å²) in [7, 11) is 7.01. The molecular weight excluding hydrogens is 472 g/mol. The molecule has 1 aliphatic heterocycles. The first kappa shape index (κ1) is 28.0. The maximum atomic E-state index is 13.6. The normalized spacial score (nSPS) is 18.1. The first-order valence-electron chi connectivity index (χ1n) is 12.3. The van der Waals surface area contributed by atoms with Crippen molar-refractivity contribution in [2.24, 2.45) is 5.92 Å². The van der Waals surface area contributed by atoms with Crippen LogP contribution in [0.25, 0.3) is 0 Å². The summed E-state index contributed by atoms with van der Waals surface area (Å²) in [6.07, 6.45) is 1.16. The first-order valence-corrected chi connectivity index (χ1v) is 12.3. The van der Waals surface area contributed by atoms with E-state index in [1.165, 1.54) is 0 Å². The Labute approximate surface area is 219 Å². The van der Waals surface area contributed by atoms with Crippen molar-refractivity contribution in [1.82, 2.24) is 19.7 Å². The van der Waals surface area contributed by atoms with Gasteiger partial charge in [-0.15, -0.1) is 0 Å². The Morgan fingerprint density at radius 1 is 1.30 bits per heavy atom. The Hall–Kier alpha value is -3.61. The summed E-state index contributed by atoms with van der Waals surface area (Å²) in [5.74, 6) is 6.54. The summed E-state index contributed by atoms with van der Waals surface area (Å²) >= 11 is 0. The van der Waals surface area contributed by atoms with Crippen LogP contribution in [0.15, 0.2) is 36.5 Å². The van der Waals surface area contributed by atoms with E-state index < -0.39 is 12.1 Å². The van der Waals surface area contributed by atoms with Crippen LogP contribution in [0.3, 0.4) is 0 Å². The number of ether oxygens (including phenoxy) is 2.